The summed E-state index contributed by atoms with van der Waals surface area (Å²) in [5.74, 6) is 0.224. The molecular weight excluding hydrogens is 537 g/mol. The second-order valence-electron chi connectivity index (χ2n) is 9.01. The number of rotatable bonds is 8. The van der Waals surface area contributed by atoms with Gasteiger partial charge in [-0.25, -0.2) is 29.1 Å². The molecular formula is C28H26FN5O5S. The number of fused-ring (bicyclic) bond motifs is 2. The monoisotopic (exact) mass is 563 g/mol. The van der Waals surface area contributed by atoms with E-state index in [4.69, 9.17) is 18.9 Å². The zero-order valence-corrected chi connectivity index (χ0v) is 23.2. The maximum absolute atomic E-state index is 15.0. The summed E-state index contributed by atoms with van der Waals surface area (Å²) in [6.45, 7) is 5.32. The highest BCUT2D eigenvalue weighted by Gasteiger charge is 2.22. The summed E-state index contributed by atoms with van der Waals surface area (Å²) in [7, 11) is 3.02. The molecule has 0 bridgehead atoms. The van der Waals surface area contributed by atoms with E-state index in [1.807, 2.05) is 19.1 Å². The van der Waals surface area contributed by atoms with E-state index in [1.54, 1.807) is 38.2 Å². The predicted octanol–water partition coefficient (Wildman–Crippen LogP) is 6.17. The summed E-state index contributed by atoms with van der Waals surface area (Å²) >= 11 is 1.39. The fraction of sp³-hybridized carbons (Fsp3) is 0.250. The summed E-state index contributed by atoms with van der Waals surface area (Å²) in [6, 6.07) is 9.99. The van der Waals surface area contributed by atoms with Crippen LogP contribution in [-0.2, 0) is 4.74 Å². The van der Waals surface area contributed by atoms with Crippen LogP contribution in [0.5, 0.6) is 17.5 Å². The molecule has 3 aromatic heterocycles. The van der Waals surface area contributed by atoms with Crippen LogP contribution >= 0.6 is 11.3 Å². The van der Waals surface area contributed by atoms with Crippen LogP contribution in [0.3, 0.4) is 0 Å². The zero-order chi connectivity index (χ0) is 28.4. The number of anilines is 1. The molecule has 0 aliphatic heterocycles. The lowest BCUT2D eigenvalue weighted by Gasteiger charge is -2.22. The second kappa shape index (κ2) is 11.3. The minimum absolute atomic E-state index is 0.0311. The van der Waals surface area contributed by atoms with Crippen LogP contribution in [0, 0.1) is 12.7 Å². The number of nitrogens with zero attached hydrogens (tertiary/aromatic N) is 4. The molecule has 0 radical (unpaired) electrons. The summed E-state index contributed by atoms with van der Waals surface area (Å²) < 4.78 is 37.3. The molecule has 0 aliphatic carbocycles. The van der Waals surface area contributed by atoms with Crippen molar-refractivity contribution in [3.05, 3.63) is 60.2 Å². The van der Waals surface area contributed by atoms with Gasteiger partial charge in [-0.2, -0.15) is 0 Å². The lowest BCUT2D eigenvalue weighted by Crippen LogP contribution is -2.32. The Morgan fingerprint density at radius 3 is 2.55 bits per heavy atom. The van der Waals surface area contributed by atoms with E-state index in [0.29, 0.717) is 39.0 Å². The maximum Gasteiger partial charge on any atom is 0.412 e. The van der Waals surface area contributed by atoms with Gasteiger partial charge < -0.3 is 18.9 Å². The third-order valence-corrected chi connectivity index (χ3v) is 7.16. The number of pyridine rings is 1. The number of methoxy groups -OCH3 is 2. The largest absolute Gasteiger partial charge is 0.484 e. The van der Waals surface area contributed by atoms with Gasteiger partial charge in [0.05, 0.1) is 47.4 Å². The molecule has 0 aliphatic rings. The van der Waals surface area contributed by atoms with Crippen molar-refractivity contribution in [2.45, 2.75) is 33.0 Å². The Bertz CT molecular complexity index is 1710. The molecule has 1 N–H and O–H groups in total. The van der Waals surface area contributed by atoms with Crippen LogP contribution in [0.25, 0.3) is 31.8 Å². The number of nitrogens with one attached hydrogen (secondary N) is 1. The number of aromatic nitrogens is 4. The molecule has 0 saturated heterocycles. The summed E-state index contributed by atoms with van der Waals surface area (Å²) in [5, 5.41) is 3.28. The van der Waals surface area contributed by atoms with Gasteiger partial charge in [0.15, 0.2) is 11.6 Å². The molecule has 2 atom stereocenters. The van der Waals surface area contributed by atoms with Crippen LogP contribution in [0.15, 0.2) is 48.8 Å². The van der Waals surface area contributed by atoms with Gasteiger partial charge in [-0.05, 0) is 44.5 Å². The van der Waals surface area contributed by atoms with Gasteiger partial charge in [0.1, 0.15) is 17.2 Å². The molecule has 0 fully saturated rings. The molecule has 1 amide bonds. The maximum atomic E-state index is 15.0. The fourth-order valence-corrected chi connectivity index (χ4v) is 4.94. The van der Waals surface area contributed by atoms with Crippen molar-refractivity contribution in [3.63, 3.8) is 0 Å². The Kier molecular flexibility index (Phi) is 7.60. The first-order valence-corrected chi connectivity index (χ1v) is 13.1. The number of ether oxygens (including phenoxy) is 4. The number of amides is 1. The first kappa shape index (κ1) is 27.0. The van der Waals surface area contributed by atoms with Crippen LogP contribution in [-0.4, -0.2) is 52.5 Å². The Hall–Kier alpha value is -4.58. The number of aryl methyl sites for hydroxylation is 1. The molecule has 206 valence electrons. The Labute approximate surface area is 233 Å². The second-order valence-corrected chi connectivity index (χ2v) is 10.0. The number of carbonyl (C=O) groups is 1. The fourth-order valence-electron chi connectivity index (χ4n) is 3.95. The number of hydrogen-bond acceptors (Lipinski definition) is 10. The quantitative estimate of drug-likeness (QED) is 0.236. The van der Waals surface area contributed by atoms with Crippen LogP contribution < -0.4 is 19.5 Å². The van der Waals surface area contributed by atoms with E-state index in [1.165, 1.54) is 37.8 Å². The third-order valence-electron chi connectivity index (χ3n) is 6.11. The third kappa shape index (κ3) is 5.71. The van der Waals surface area contributed by atoms with E-state index in [2.05, 4.69) is 25.3 Å². The topological polar surface area (TPSA) is 118 Å². The van der Waals surface area contributed by atoms with Gasteiger partial charge in [-0.3, -0.25) is 5.32 Å². The van der Waals surface area contributed by atoms with Gasteiger partial charge >= 0.3 is 6.09 Å². The molecule has 5 rings (SSSR count). The predicted molar refractivity (Wildman–Crippen MR) is 150 cm³/mol. The standard InChI is InChI=1S/C28H26FN5O5S/c1-14-8-18(26-21(9-14)33-25(37-5)13-31-26)27-34-20-11-19(29)22(12-23(20)40-27)38-15(2)16(3)39-28(35)32-17-6-7-30-24(10-17)36-4/h6-13,15-16H,1-5H3,(H,30,32,35)/t15-,16+/m0/s1. The molecule has 0 spiro atoms. The summed E-state index contributed by atoms with van der Waals surface area (Å²) in [4.78, 5) is 30.0. The molecule has 40 heavy (non-hydrogen) atoms. The van der Waals surface area contributed by atoms with Crippen LogP contribution in [0.2, 0.25) is 0 Å². The number of benzene rings is 2. The van der Waals surface area contributed by atoms with Gasteiger partial charge in [-0.15, -0.1) is 11.3 Å². The first-order valence-electron chi connectivity index (χ1n) is 12.3. The number of thiazole rings is 1. The van der Waals surface area contributed by atoms with E-state index < -0.39 is 24.1 Å². The minimum atomic E-state index is -0.690. The highest BCUT2D eigenvalue weighted by atomic mass is 32.1. The number of halogens is 1. The van der Waals surface area contributed by atoms with Crippen LogP contribution in [0.4, 0.5) is 14.9 Å². The zero-order valence-electron chi connectivity index (χ0n) is 22.4. The molecule has 10 nitrogen and oxygen atoms in total. The Balaban J connectivity index is 1.33. The van der Waals surface area contributed by atoms with Crippen molar-refractivity contribution in [3.8, 4) is 28.1 Å². The van der Waals surface area contributed by atoms with Crippen molar-refractivity contribution in [1.29, 1.82) is 0 Å². The van der Waals surface area contributed by atoms with Gasteiger partial charge in [0.25, 0.3) is 0 Å². The molecule has 2 aromatic carbocycles. The molecule has 3 heterocycles. The van der Waals surface area contributed by atoms with Gasteiger partial charge in [0.2, 0.25) is 11.8 Å². The normalized spacial score (nSPS) is 12.7. The smallest absolute Gasteiger partial charge is 0.412 e. The minimum Gasteiger partial charge on any atom is -0.484 e. The van der Waals surface area contributed by atoms with Crippen molar-refractivity contribution in [2.75, 3.05) is 19.5 Å². The van der Waals surface area contributed by atoms with E-state index in [9.17, 15) is 4.79 Å². The summed E-state index contributed by atoms with van der Waals surface area (Å²) in [5.41, 5.74) is 4.08. The van der Waals surface area contributed by atoms with Gasteiger partial charge in [0, 0.05) is 30.0 Å². The van der Waals surface area contributed by atoms with Crippen molar-refractivity contribution >= 4 is 44.4 Å². The van der Waals surface area contributed by atoms with Crippen molar-refractivity contribution < 1.29 is 28.1 Å². The Morgan fingerprint density at radius 1 is 0.975 bits per heavy atom. The van der Waals surface area contributed by atoms with Gasteiger partial charge in [-0.1, -0.05) is 0 Å². The molecule has 5 aromatic rings. The average Bonchev–Trinajstić information content (AvgIpc) is 3.34. The van der Waals surface area contributed by atoms with E-state index in [-0.39, 0.29) is 5.75 Å². The van der Waals surface area contributed by atoms with Crippen molar-refractivity contribution in [1.82, 2.24) is 19.9 Å². The first-order chi connectivity index (χ1) is 19.2. The SMILES string of the molecule is COc1cc(NC(=O)O[C@H](C)[C@H](C)Oc2cc3sc(-c4cc(C)cc5nc(OC)cnc45)nc3cc2F)ccn1. The van der Waals surface area contributed by atoms with E-state index >= 15 is 4.39 Å². The molecule has 12 heteroatoms. The number of hydrogen-bond donors (Lipinski definition) is 1. The molecule has 0 saturated carbocycles. The van der Waals surface area contributed by atoms with E-state index in [0.717, 1.165) is 15.8 Å². The highest BCUT2D eigenvalue weighted by molar-refractivity contribution is 7.21. The Morgan fingerprint density at radius 2 is 1.77 bits per heavy atom. The van der Waals surface area contributed by atoms with Crippen LogP contribution in [0.1, 0.15) is 19.4 Å². The molecule has 0 unspecified atom stereocenters. The number of carbonyl (C=O) groups excluding carboxylic acids is 1. The lowest BCUT2D eigenvalue weighted by atomic mass is 10.1. The highest BCUT2D eigenvalue weighted by Crippen LogP contribution is 2.37. The lowest BCUT2D eigenvalue weighted by molar-refractivity contribution is 0.0402. The average molecular weight is 564 g/mol. The van der Waals surface area contributed by atoms with Crippen molar-refractivity contribution in [2.24, 2.45) is 0 Å². The summed E-state index contributed by atoms with van der Waals surface area (Å²) in [6.07, 6.45) is 1.02.